The van der Waals surface area contributed by atoms with E-state index >= 15 is 0 Å². The third-order valence-electron chi connectivity index (χ3n) is 4.73. The van der Waals surface area contributed by atoms with Gasteiger partial charge in [0.15, 0.2) is 5.76 Å². The van der Waals surface area contributed by atoms with Gasteiger partial charge >= 0.3 is 0 Å². The van der Waals surface area contributed by atoms with Crippen molar-refractivity contribution in [2.24, 2.45) is 0 Å². The van der Waals surface area contributed by atoms with Gasteiger partial charge < -0.3 is 14.2 Å². The van der Waals surface area contributed by atoms with Crippen LogP contribution in [0.3, 0.4) is 0 Å². The van der Waals surface area contributed by atoms with Gasteiger partial charge in [-0.2, -0.15) is 5.10 Å². The molecule has 144 valence electrons. The Morgan fingerprint density at radius 3 is 2.61 bits per heavy atom. The number of nitrogens with zero attached hydrogens (tertiary/aromatic N) is 4. The van der Waals surface area contributed by atoms with Crippen LogP contribution in [-0.2, 0) is 11.3 Å². The molecule has 1 fully saturated rings. The lowest BCUT2D eigenvalue weighted by Gasteiger charge is -2.36. The maximum atomic E-state index is 12.7. The van der Waals surface area contributed by atoms with Gasteiger partial charge in [-0.05, 0) is 36.4 Å². The van der Waals surface area contributed by atoms with Crippen molar-refractivity contribution in [1.29, 1.82) is 0 Å². The van der Waals surface area contributed by atoms with Crippen LogP contribution in [0.1, 0.15) is 0 Å². The van der Waals surface area contributed by atoms with E-state index in [0.29, 0.717) is 42.7 Å². The van der Waals surface area contributed by atoms with Gasteiger partial charge in [-0.1, -0.05) is 17.7 Å². The van der Waals surface area contributed by atoms with Crippen molar-refractivity contribution < 1.29 is 9.21 Å². The first-order chi connectivity index (χ1) is 13.6. The number of aromatic nitrogens is 2. The van der Waals surface area contributed by atoms with Gasteiger partial charge in [0.05, 0.1) is 6.26 Å². The summed E-state index contributed by atoms with van der Waals surface area (Å²) in [6, 6.07) is 14.2. The highest BCUT2D eigenvalue weighted by Crippen LogP contribution is 2.21. The number of benzene rings is 1. The molecule has 3 heterocycles. The first-order valence-electron chi connectivity index (χ1n) is 9.00. The zero-order valence-corrected chi connectivity index (χ0v) is 15.9. The van der Waals surface area contributed by atoms with Crippen LogP contribution in [0.25, 0.3) is 11.5 Å². The van der Waals surface area contributed by atoms with E-state index in [2.05, 4.69) is 10.00 Å². The predicted molar refractivity (Wildman–Crippen MR) is 106 cm³/mol. The Balaban J connectivity index is 1.41. The van der Waals surface area contributed by atoms with E-state index in [0.717, 1.165) is 5.69 Å². The van der Waals surface area contributed by atoms with Gasteiger partial charge in [-0.15, -0.1) is 0 Å². The van der Waals surface area contributed by atoms with Crippen LogP contribution in [-0.4, -0.2) is 46.8 Å². The molecule has 7 nitrogen and oxygen atoms in total. The molecule has 0 saturated carbocycles. The molecule has 28 heavy (non-hydrogen) atoms. The first kappa shape index (κ1) is 18.3. The average molecular weight is 399 g/mol. The summed E-state index contributed by atoms with van der Waals surface area (Å²) in [5, 5.41) is 4.95. The molecule has 3 aromatic rings. The Kier molecular flexibility index (Phi) is 5.16. The molecule has 0 bridgehead atoms. The van der Waals surface area contributed by atoms with E-state index in [1.807, 2.05) is 24.3 Å². The Labute approximate surface area is 166 Å². The second-order valence-electron chi connectivity index (χ2n) is 6.54. The maximum absolute atomic E-state index is 12.7. The maximum Gasteiger partial charge on any atom is 0.267 e. The molecule has 1 aliphatic rings. The van der Waals surface area contributed by atoms with Gasteiger partial charge in [-0.25, -0.2) is 4.68 Å². The second kappa shape index (κ2) is 7.90. The fourth-order valence-corrected chi connectivity index (χ4v) is 3.42. The minimum Gasteiger partial charge on any atom is -0.463 e. The third kappa shape index (κ3) is 3.94. The lowest BCUT2D eigenvalue weighted by molar-refractivity contribution is -0.132. The van der Waals surface area contributed by atoms with Crippen LogP contribution in [0.5, 0.6) is 0 Å². The summed E-state index contributed by atoms with van der Waals surface area (Å²) in [5.41, 5.74) is 1.24. The fraction of sp³-hybridized carbons (Fsp3) is 0.250. The van der Waals surface area contributed by atoms with E-state index < -0.39 is 0 Å². The van der Waals surface area contributed by atoms with Gasteiger partial charge in [0, 0.05) is 43.0 Å². The first-order valence-corrected chi connectivity index (χ1v) is 9.38. The molecule has 4 rings (SSSR count). The molecule has 1 saturated heterocycles. The number of anilines is 1. The SMILES string of the molecule is O=C(Cn1nc(-c2ccco2)ccc1=O)N1CCN(c2cccc(Cl)c2)CC1. The molecule has 0 spiro atoms. The largest absolute Gasteiger partial charge is 0.463 e. The standard InChI is InChI=1S/C20H19ClN4O3/c21-15-3-1-4-16(13-15)23-8-10-24(11-9-23)20(27)14-25-19(26)7-6-17(22-25)18-5-2-12-28-18/h1-7,12-13H,8-11,14H2. The van der Waals surface area contributed by atoms with Crippen molar-refractivity contribution in [1.82, 2.24) is 14.7 Å². The monoisotopic (exact) mass is 398 g/mol. The molecule has 1 aromatic carbocycles. The van der Waals surface area contributed by atoms with E-state index in [1.54, 1.807) is 23.1 Å². The number of hydrogen-bond donors (Lipinski definition) is 0. The van der Waals surface area contributed by atoms with E-state index in [4.69, 9.17) is 16.0 Å². The molecule has 0 aliphatic carbocycles. The van der Waals surface area contributed by atoms with Crippen LogP contribution < -0.4 is 10.5 Å². The fourth-order valence-electron chi connectivity index (χ4n) is 3.23. The van der Waals surface area contributed by atoms with Crippen molar-refractivity contribution in [3.8, 4) is 11.5 Å². The zero-order valence-electron chi connectivity index (χ0n) is 15.1. The summed E-state index contributed by atoms with van der Waals surface area (Å²) < 4.78 is 6.49. The van der Waals surface area contributed by atoms with Gasteiger partial charge in [0.1, 0.15) is 12.2 Å². The Hall–Kier alpha value is -3.06. The van der Waals surface area contributed by atoms with Crippen LogP contribution >= 0.6 is 11.6 Å². The predicted octanol–water partition coefficient (Wildman–Crippen LogP) is 2.51. The van der Waals surface area contributed by atoms with E-state index in [1.165, 1.54) is 17.0 Å². The van der Waals surface area contributed by atoms with Crippen LogP contribution in [0.4, 0.5) is 5.69 Å². The molecule has 1 amide bonds. The summed E-state index contributed by atoms with van der Waals surface area (Å²) in [4.78, 5) is 28.7. The van der Waals surface area contributed by atoms with Gasteiger partial charge in [0.25, 0.3) is 5.56 Å². The van der Waals surface area contributed by atoms with Crippen LogP contribution in [0.15, 0.2) is 64.0 Å². The topological polar surface area (TPSA) is 71.6 Å². The second-order valence-corrected chi connectivity index (χ2v) is 6.98. The molecule has 0 unspecified atom stereocenters. The Bertz CT molecular complexity index is 1020. The highest BCUT2D eigenvalue weighted by molar-refractivity contribution is 6.30. The van der Waals surface area contributed by atoms with E-state index in [9.17, 15) is 9.59 Å². The van der Waals surface area contributed by atoms with Crippen LogP contribution in [0, 0.1) is 0 Å². The number of carbonyl (C=O) groups is 1. The van der Waals surface area contributed by atoms with Crippen molar-refractivity contribution in [2.75, 3.05) is 31.1 Å². The number of furan rings is 1. The molecule has 2 aromatic heterocycles. The summed E-state index contributed by atoms with van der Waals surface area (Å²) >= 11 is 6.06. The molecule has 0 radical (unpaired) electrons. The van der Waals surface area contributed by atoms with E-state index in [-0.39, 0.29) is 18.0 Å². The van der Waals surface area contributed by atoms with Crippen LogP contribution in [0.2, 0.25) is 5.02 Å². The van der Waals surface area contributed by atoms with Crippen molar-refractivity contribution in [3.05, 3.63) is 70.2 Å². The number of rotatable bonds is 4. The molecule has 0 atom stereocenters. The molecule has 8 heteroatoms. The molecule has 0 N–H and O–H groups in total. The summed E-state index contributed by atoms with van der Waals surface area (Å²) in [6.45, 7) is 2.49. The van der Waals surface area contributed by atoms with Gasteiger partial charge in [-0.3, -0.25) is 9.59 Å². The minimum absolute atomic E-state index is 0.0927. The quantitative estimate of drug-likeness (QED) is 0.675. The average Bonchev–Trinajstić information content (AvgIpc) is 3.24. The molecular formula is C20H19ClN4O3. The summed E-state index contributed by atoms with van der Waals surface area (Å²) in [7, 11) is 0. The number of carbonyl (C=O) groups excluding carboxylic acids is 1. The van der Waals surface area contributed by atoms with Crippen molar-refractivity contribution >= 4 is 23.2 Å². The lowest BCUT2D eigenvalue weighted by atomic mass is 10.2. The normalized spacial score (nSPS) is 14.3. The van der Waals surface area contributed by atoms with Gasteiger partial charge in [0.2, 0.25) is 5.91 Å². The highest BCUT2D eigenvalue weighted by Gasteiger charge is 2.22. The number of hydrogen-bond acceptors (Lipinski definition) is 5. The molecular weight excluding hydrogens is 380 g/mol. The smallest absolute Gasteiger partial charge is 0.267 e. The summed E-state index contributed by atoms with van der Waals surface area (Å²) in [6.07, 6.45) is 1.54. The molecule has 1 aliphatic heterocycles. The Morgan fingerprint density at radius 1 is 1.07 bits per heavy atom. The minimum atomic E-state index is -0.318. The Morgan fingerprint density at radius 2 is 1.89 bits per heavy atom. The number of halogens is 1. The number of piperazine rings is 1. The lowest BCUT2D eigenvalue weighted by Crippen LogP contribution is -2.50. The number of amides is 1. The van der Waals surface area contributed by atoms with Crippen molar-refractivity contribution in [2.45, 2.75) is 6.54 Å². The zero-order chi connectivity index (χ0) is 19.5. The highest BCUT2D eigenvalue weighted by atomic mass is 35.5. The van der Waals surface area contributed by atoms with Crippen molar-refractivity contribution in [3.63, 3.8) is 0 Å². The third-order valence-corrected chi connectivity index (χ3v) is 4.97. The summed E-state index contributed by atoms with van der Waals surface area (Å²) in [5.74, 6) is 0.424.